The minimum Gasteiger partial charge on any atom is -0.339 e. The van der Waals surface area contributed by atoms with Crippen LogP contribution in [0.2, 0.25) is 0 Å². The van der Waals surface area contributed by atoms with Gasteiger partial charge in [0.05, 0.1) is 10.9 Å². The topological polar surface area (TPSA) is 67.2 Å². The predicted molar refractivity (Wildman–Crippen MR) is 112 cm³/mol. The van der Waals surface area contributed by atoms with Crippen LogP contribution >= 0.6 is 11.8 Å². The number of aromatic nitrogens is 4. The number of thioether (sulfide) groups is 1. The molecular weight excluding hydrogens is 372 g/mol. The van der Waals surface area contributed by atoms with Crippen molar-refractivity contribution in [2.24, 2.45) is 0 Å². The Morgan fingerprint density at radius 1 is 1.14 bits per heavy atom. The van der Waals surface area contributed by atoms with Crippen molar-refractivity contribution in [1.82, 2.24) is 30.0 Å². The van der Waals surface area contributed by atoms with Crippen LogP contribution in [0.25, 0.3) is 5.69 Å². The monoisotopic (exact) mass is 402 g/mol. The molecule has 0 aliphatic carbocycles. The molecule has 2 aromatic rings. The summed E-state index contributed by atoms with van der Waals surface area (Å²) in [5, 5.41) is 12.5. The first-order valence-electron chi connectivity index (χ1n) is 10.2. The van der Waals surface area contributed by atoms with Gasteiger partial charge in [-0.25, -0.2) is 0 Å². The molecule has 0 bridgehead atoms. The number of nitrogens with zero attached hydrogens (tertiary/aromatic N) is 6. The smallest absolute Gasteiger partial charge is 0.235 e. The summed E-state index contributed by atoms with van der Waals surface area (Å²) in [6.45, 7) is 10.8. The molecule has 0 spiro atoms. The highest BCUT2D eigenvalue weighted by Crippen LogP contribution is 2.25. The second-order valence-corrected chi connectivity index (χ2v) is 8.47. The highest BCUT2D eigenvalue weighted by atomic mass is 32.2. The van der Waals surface area contributed by atoms with Crippen molar-refractivity contribution in [3.63, 3.8) is 0 Å². The number of hydrogen-bond donors (Lipinski definition) is 0. The lowest BCUT2D eigenvalue weighted by atomic mass is 10.1. The van der Waals surface area contributed by atoms with Gasteiger partial charge in [0.25, 0.3) is 0 Å². The average Bonchev–Trinajstić information content (AvgIpc) is 3.20. The standard InChI is InChI=1S/C20H30N6OS/c1-4-6-7-17-8-10-18(11-9-17)26-20(21-22-23-26)28-16(3)19(27)25-14-12-24(5-2)13-15-25/h8-11,16H,4-7,12-15H2,1-3H3. The molecule has 1 fully saturated rings. The van der Waals surface area contributed by atoms with Crippen LogP contribution < -0.4 is 0 Å². The Morgan fingerprint density at radius 3 is 2.50 bits per heavy atom. The first-order valence-corrected chi connectivity index (χ1v) is 11.1. The molecule has 8 heteroatoms. The van der Waals surface area contributed by atoms with E-state index in [0.29, 0.717) is 5.16 Å². The molecule has 7 nitrogen and oxygen atoms in total. The first-order chi connectivity index (χ1) is 13.6. The van der Waals surface area contributed by atoms with Crippen LogP contribution in [0.4, 0.5) is 0 Å². The van der Waals surface area contributed by atoms with E-state index in [1.807, 2.05) is 24.0 Å². The van der Waals surface area contributed by atoms with Gasteiger partial charge in [-0.05, 0) is 54.4 Å². The minimum absolute atomic E-state index is 0.158. The number of benzene rings is 1. The van der Waals surface area contributed by atoms with Gasteiger partial charge in [0.1, 0.15) is 0 Å². The maximum absolute atomic E-state index is 12.8. The Bertz CT molecular complexity index is 754. The molecule has 28 heavy (non-hydrogen) atoms. The van der Waals surface area contributed by atoms with Gasteiger partial charge in [0, 0.05) is 26.2 Å². The normalized spacial score (nSPS) is 16.3. The van der Waals surface area contributed by atoms with Crippen LogP contribution in [0.15, 0.2) is 29.4 Å². The SMILES string of the molecule is CCCCc1ccc(-n2nnnc2SC(C)C(=O)N2CCN(CC)CC2)cc1. The Morgan fingerprint density at radius 2 is 1.86 bits per heavy atom. The fourth-order valence-corrected chi connectivity index (χ4v) is 4.24. The summed E-state index contributed by atoms with van der Waals surface area (Å²) < 4.78 is 1.72. The van der Waals surface area contributed by atoms with Crippen LogP contribution in [0.5, 0.6) is 0 Å². The van der Waals surface area contributed by atoms with Crippen LogP contribution in [-0.4, -0.2) is 73.9 Å². The van der Waals surface area contributed by atoms with Crippen molar-refractivity contribution in [3.05, 3.63) is 29.8 Å². The third kappa shape index (κ3) is 5.11. The van der Waals surface area contributed by atoms with Gasteiger partial charge in [-0.3, -0.25) is 4.79 Å². The van der Waals surface area contributed by atoms with Gasteiger partial charge in [-0.15, -0.1) is 5.10 Å². The number of unbranched alkanes of at least 4 members (excludes halogenated alkanes) is 1. The third-order valence-corrected chi connectivity index (χ3v) is 6.22. The molecule has 1 atom stereocenters. The average molecular weight is 403 g/mol. The molecule has 1 aromatic heterocycles. The van der Waals surface area contributed by atoms with Crippen LogP contribution in [-0.2, 0) is 11.2 Å². The quantitative estimate of drug-likeness (QED) is 0.633. The van der Waals surface area contributed by atoms with E-state index in [1.165, 1.54) is 30.2 Å². The number of carbonyl (C=O) groups is 1. The number of rotatable bonds is 8. The molecule has 0 N–H and O–H groups in total. The Labute approximate surface area is 171 Å². The van der Waals surface area contributed by atoms with Gasteiger partial charge in [-0.2, -0.15) is 4.68 Å². The van der Waals surface area contributed by atoms with Crippen molar-refractivity contribution < 1.29 is 4.79 Å². The maximum atomic E-state index is 12.8. The van der Waals surface area contributed by atoms with Crippen molar-refractivity contribution in [2.75, 3.05) is 32.7 Å². The summed E-state index contributed by atoms with van der Waals surface area (Å²) in [6.07, 6.45) is 3.47. The predicted octanol–water partition coefficient (Wildman–Crippen LogP) is 2.65. The molecule has 1 aliphatic rings. The molecule has 0 saturated carbocycles. The Balaban J connectivity index is 1.62. The number of tetrazole rings is 1. The summed E-state index contributed by atoms with van der Waals surface area (Å²) in [5.41, 5.74) is 2.24. The number of likely N-dealkylation sites (N-methyl/N-ethyl adjacent to an activating group) is 1. The molecule has 1 aromatic carbocycles. The zero-order valence-electron chi connectivity index (χ0n) is 17.0. The summed E-state index contributed by atoms with van der Waals surface area (Å²) >= 11 is 1.42. The zero-order chi connectivity index (χ0) is 19.9. The summed E-state index contributed by atoms with van der Waals surface area (Å²) in [6, 6.07) is 8.34. The van der Waals surface area contributed by atoms with Gasteiger partial charge in [0.15, 0.2) is 0 Å². The maximum Gasteiger partial charge on any atom is 0.235 e. The molecular formula is C20H30N6OS. The molecule has 0 radical (unpaired) electrons. The van der Waals surface area contributed by atoms with Crippen LogP contribution in [0, 0.1) is 0 Å². The largest absolute Gasteiger partial charge is 0.339 e. The van der Waals surface area contributed by atoms with Crippen molar-refractivity contribution in [3.8, 4) is 5.69 Å². The summed E-state index contributed by atoms with van der Waals surface area (Å²) in [5.74, 6) is 0.158. The first kappa shape index (κ1) is 20.8. The van der Waals surface area contributed by atoms with E-state index in [9.17, 15) is 4.79 Å². The van der Waals surface area contributed by atoms with E-state index in [0.717, 1.165) is 44.8 Å². The lowest BCUT2D eigenvalue weighted by molar-refractivity contribution is -0.132. The fraction of sp³-hybridized carbons (Fsp3) is 0.600. The van der Waals surface area contributed by atoms with E-state index in [2.05, 4.69) is 46.4 Å². The van der Waals surface area contributed by atoms with Gasteiger partial charge >= 0.3 is 0 Å². The molecule has 3 rings (SSSR count). The number of amides is 1. The highest BCUT2D eigenvalue weighted by Gasteiger charge is 2.26. The minimum atomic E-state index is -0.221. The molecule has 1 aliphatic heterocycles. The Kier molecular flexibility index (Phi) is 7.44. The van der Waals surface area contributed by atoms with Crippen LogP contribution in [0.1, 0.15) is 39.2 Å². The van der Waals surface area contributed by atoms with Gasteiger partial charge in [0.2, 0.25) is 11.1 Å². The van der Waals surface area contributed by atoms with Crippen molar-refractivity contribution >= 4 is 17.7 Å². The fourth-order valence-electron chi connectivity index (χ4n) is 3.35. The number of carbonyl (C=O) groups excluding carboxylic acids is 1. The van der Waals surface area contributed by atoms with Crippen LogP contribution in [0.3, 0.4) is 0 Å². The van der Waals surface area contributed by atoms with E-state index in [1.54, 1.807) is 4.68 Å². The third-order valence-electron chi connectivity index (χ3n) is 5.20. The van der Waals surface area contributed by atoms with E-state index in [-0.39, 0.29) is 11.2 Å². The highest BCUT2D eigenvalue weighted by molar-refractivity contribution is 8.00. The molecule has 152 valence electrons. The van der Waals surface area contributed by atoms with Gasteiger partial charge in [-0.1, -0.05) is 44.2 Å². The van der Waals surface area contributed by atoms with E-state index >= 15 is 0 Å². The van der Waals surface area contributed by atoms with Gasteiger partial charge < -0.3 is 9.80 Å². The molecule has 1 saturated heterocycles. The van der Waals surface area contributed by atoms with Crippen molar-refractivity contribution in [1.29, 1.82) is 0 Å². The second kappa shape index (κ2) is 10.0. The second-order valence-electron chi connectivity index (χ2n) is 7.16. The summed E-state index contributed by atoms with van der Waals surface area (Å²) in [4.78, 5) is 17.1. The molecule has 1 amide bonds. The zero-order valence-corrected chi connectivity index (χ0v) is 17.9. The number of piperazine rings is 1. The summed E-state index contributed by atoms with van der Waals surface area (Å²) in [7, 11) is 0. The lowest BCUT2D eigenvalue weighted by Gasteiger charge is -2.35. The van der Waals surface area contributed by atoms with Crippen molar-refractivity contribution in [2.45, 2.75) is 50.4 Å². The molecule has 1 unspecified atom stereocenters. The van der Waals surface area contributed by atoms with E-state index < -0.39 is 0 Å². The number of hydrogen-bond acceptors (Lipinski definition) is 6. The number of aryl methyl sites for hydroxylation is 1. The Hall–Kier alpha value is -1.93. The molecule has 2 heterocycles. The van der Waals surface area contributed by atoms with E-state index in [4.69, 9.17) is 0 Å². The lowest BCUT2D eigenvalue weighted by Crippen LogP contribution is -2.50.